The molecule has 0 saturated heterocycles. The zero-order valence-corrected chi connectivity index (χ0v) is 13.3. The molecule has 2 aromatic rings. The molecule has 0 atom stereocenters. The Morgan fingerprint density at radius 2 is 2.04 bits per heavy atom. The zero-order chi connectivity index (χ0) is 16.8. The average molecular weight is 317 g/mol. The van der Waals surface area contributed by atoms with E-state index in [0.717, 1.165) is 0 Å². The van der Waals surface area contributed by atoms with Crippen LogP contribution in [0.2, 0.25) is 0 Å². The average Bonchev–Trinajstić information content (AvgIpc) is 2.89. The summed E-state index contributed by atoms with van der Waals surface area (Å²) < 4.78 is 11.7. The third-order valence-corrected chi connectivity index (χ3v) is 3.07. The Morgan fingerprint density at radius 1 is 1.26 bits per heavy atom. The fourth-order valence-electron chi connectivity index (χ4n) is 2.02. The summed E-state index contributed by atoms with van der Waals surface area (Å²) in [6.45, 7) is 4.34. The molecule has 2 rings (SSSR count). The number of esters is 1. The molecule has 0 unspecified atom stereocenters. The van der Waals surface area contributed by atoms with Gasteiger partial charge in [0.05, 0.1) is 19.4 Å². The first kappa shape index (κ1) is 16.5. The molecule has 0 aliphatic heterocycles. The van der Waals surface area contributed by atoms with Gasteiger partial charge in [0.2, 0.25) is 0 Å². The third-order valence-electron chi connectivity index (χ3n) is 3.07. The summed E-state index contributed by atoms with van der Waals surface area (Å²) in [5, 5.41) is 6.68. The predicted molar refractivity (Wildman–Crippen MR) is 84.7 cm³/mol. The maximum absolute atomic E-state index is 12.4. The molecule has 0 aliphatic carbocycles. The number of hydrogen-bond acceptors (Lipinski definition) is 5. The Kier molecular flexibility index (Phi) is 5.35. The zero-order valence-electron chi connectivity index (χ0n) is 13.3. The van der Waals surface area contributed by atoms with Crippen molar-refractivity contribution in [3.05, 3.63) is 41.6 Å². The summed E-state index contributed by atoms with van der Waals surface area (Å²) in [7, 11) is 1.63. The molecule has 0 bridgehead atoms. The highest BCUT2D eigenvalue weighted by molar-refractivity contribution is 6.07. The Balaban J connectivity index is 2.22. The molecule has 7 nitrogen and oxygen atoms in total. The van der Waals surface area contributed by atoms with Crippen LogP contribution in [-0.2, 0) is 11.8 Å². The molecule has 23 heavy (non-hydrogen) atoms. The second-order valence-corrected chi connectivity index (χ2v) is 4.67. The van der Waals surface area contributed by atoms with Crippen LogP contribution in [0.1, 0.15) is 34.6 Å². The normalized spacial score (nSPS) is 10.2. The molecule has 0 saturated carbocycles. The number of rotatable bonds is 6. The standard InChI is InChI=1S/C16H19N3O4/c1-4-22-12-8-6-7-11(9-12)15(20)18-14-13(10-17-19(14)3)16(21)23-5-2/h6-10H,4-5H2,1-3H3,(H,18,20). The number of carbonyl (C=O) groups excluding carboxylic acids is 2. The minimum atomic E-state index is -0.529. The van der Waals surface area contributed by atoms with Crippen LogP contribution in [0.15, 0.2) is 30.5 Å². The number of aromatic nitrogens is 2. The SMILES string of the molecule is CCOC(=O)c1cnn(C)c1NC(=O)c1cccc(OCC)c1. The monoisotopic (exact) mass is 317 g/mol. The molecule has 1 aromatic carbocycles. The number of benzene rings is 1. The summed E-state index contributed by atoms with van der Waals surface area (Å²) in [4.78, 5) is 24.3. The Bertz CT molecular complexity index is 709. The van der Waals surface area contributed by atoms with Crippen LogP contribution in [-0.4, -0.2) is 34.9 Å². The van der Waals surface area contributed by atoms with Crippen LogP contribution >= 0.6 is 0 Å². The summed E-state index contributed by atoms with van der Waals surface area (Å²) in [6.07, 6.45) is 1.37. The molecule has 1 amide bonds. The minimum absolute atomic E-state index is 0.212. The van der Waals surface area contributed by atoms with Crippen LogP contribution in [0.25, 0.3) is 0 Å². The van der Waals surface area contributed by atoms with E-state index in [2.05, 4.69) is 10.4 Å². The number of nitrogens with zero attached hydrogens (tertiary/aromatic N) is 2. The van der Waals surface area contributed by atoms with Gasteiger partial charge in [-0.2, -0.15) is 5.10 Å². The lowest BCUT2D eigenvalue weighted by Gasteiger charge is -2.09. The van der Waals surface area contributed by atoms with Crippen molar-refractivity contribution in [3.8, 4) is 5.75 Å². The first-order chi connectivity index (χ1) is 11.1. The first-order valence-electron chi connectivity index (χ1n) is 7.30. The quantitative estimate of drug-likeness (QED) is 0.826. The van der Waals surface area contributed by atoms with E-state index < -0.39 is 5.97 Å². The van der Waals surface area contributed by atoms with E-state index >= 15 is 0 Å². The Labute approximate surface area is 134 Å². The Hall–Kier alpha value is -2.83. The lowest BCUT2D eigenvalue weighted by Crippen LogP contribution is -2.17. The number of ether oxygens (including phenoxy) is 2. The van der Waals surface area contributed by atoms with Gasteiger partial charge in [0.15, 0.2) is 0 Å². The molecule has 7 heteroatoms. The molecule has 122 valence electrons. The number of carbonyl (C=O) groups is 2. The number of aryl methyl sites for hydroxylation is 1. The van der Waals surface area contributed by atoms with E-state index in [0.29, 0.717) is 17.9 Å². The topological polar surface area (TPSA) is 82.5 Å². The fraction of sp³-hybridized carbons (Fsp3) is 0.312. The summed E-state index contributed by atoms with van der Waals surface area (Å²) in [5.74, 6) is 0.00528. The van der Waals surface area contributed by atoms with Gasteiger partial charge >= 0.3 is 5.97 Å². The molecule has 0 aliphatic rings. The van der Waals surface area contributed by atoms with E-state index in [9.17, 15) is 9.59 Å². The largest absolute Gasteiger partial charge is 0.494 e. The highest BCUT2D eigenvalue weighted by Crippen LogP contribution is 2.18. The van der Waals surface area contributed by atoms with Crippen molar-refractivity contribution in [2.45, 2.75) is 13.8 Å². The second kappa shape index (κ2) is 7.44. The highest BCUT2D eigenvalue weighted by atomic mass is 16.5. The van der Waals surface area contributed by atoms with Crippen LogP contribution in [0.4, 0.5) is 5.82 Å². The molecule has 1 N–H and O–H groups in total. The van der Waals surface area contributed by atoms with Gasteiger partial charge in [0.1, 0.15) is 17.1 Å². The third kappa shape index (κ3) is 3.88. The van der Waals surface area contributed by atoms with Crippen molar-refractivity contribution in [1.82, 2.24) is 9.78 Å². The van der Waals surface area contributed by atoms with Gasteiger partial charge in [-0.1, -0.05) is 6.07 Å². The van der Waals surface area contributed by atoms with Gasteiger partial charge in [0.25, 0.3) is 5.91 Å². The van der Waals surface area contributed by atoms with Gasteiger partial charge in [-0.3, -0.25) is 9.48 Å². The predicted octanol–water partition coefficient (Wildman–Crippen LogP) is 2.25. The number of anilines is 1. The maximum Gasteiger partial charge on any atom is 0.343 e. The smallest absolute Gasteiger partial charge is 0.343 e. The second-order valence-electron chi connectivity index (χ2n) is 4.67. The van der Waals surface area contributed by atoms with Crippen molar-refractivity contribution >= 4 is 17.7 Å². The summed E-state index contributed by atoms with van der Waals surface area (Å²) in [5.41, 5.74) is 0.635. The van der Waals surface area contributed by atoms with Gasteiger partial charge in [-0.05, 0) is 32.0 Å². The highest BCUT2D eigenvalue weighted by Gasteiger charge is 2.19. The van der Waals surface area contributed by atoms with Crippen molar-refractivity contribution in [2.75, 3.05) is 18.5 Å². The van der Waals surface area contributed by atoms with Gasteiger partial charge < -0.3 is 14.8 Å². The Morgan fingerprint density at radius 3 is 2.74 bits per heavy atom. The van der Waals surface area contributed by atoms with Gasteiger partial charge in [-0.15, -0.1) is 0 Å². The van der Waals surface area contributed by atoms with E-state index in [1.165, 1.54) is 10.9 Å². The van der Waals surface area contributed by atoms with Crippen molar-refractivity contribution in [2.24, 2.45) is 7.05 Å². The first-order valence-corrected chi connectivity index (χ1v) is 7.30. The van der Waals surface area contributed by atoms with Crippen molar-refractivity contribution in [3.63, 3.8) is 0 Å². The molecule has 0 radical (unpaired) electrons. The van der Waals surface area contributed by atoms with Gasteiger partial charge in [0, 0.05) is 12.6 Å². The summed E-state index contributed by atoms with van der Waals surface area (Å²) in [6, 6.07) is 6.81. The molecule has 1 aromatic heterocycles. The van der Waals surface area contributed by atoms with E-state index in [1.54, 1.807) is 38.2 Å². The molecule has 0 fully saturated rings. The fourth-order valence-corrected chi connectivity index (χ4v) is 2.02. The lowest BCUT2D eigenvalue weighted by molar-refractivity contribution is 0.0527. The van der Waals surface area contributed by atoms with Crippen LogP contribution in [0, 0.1) is 0 Å². The van der Waals surface area contributed by atoms with Gasteiger partial charge in [-0.25, -0.2) is 4.79 Å². The molecule has 1 heterocycles. The summed E-state index contributed by atoms with van der Waals surface area (Å²) >= 11 is 0. The van der Waals surface area contributed by atoms with Crippen molar-refractivity contribution < 1.29 is 19.1 Å². The lowest BCUT2D eigenvalue weighted by atomic mass is 10.2. The van der Waals surface area contributed by atoms with Crippen LogP contribution < -0.4 is 10.1 Å². The molecular formula is C16H19N3O4. The van der Waals surface area contributed by atoms with E-state index in [1.807, 2.05) is 6.92 Å². The maximum atomic E-state index is 12.4. The van der Waals surface area contributed by atoms with Crippen LogP contribution in [0.5, 0.6) is 5.75 Å². The van der Waals surface area contributed by atoms with E-state index in [-0.39, 0.29) is 23.9 Å². The van der Waals surface area contributed by atoms with E-state index in [4.69, 9.17) is 9.47 Å². The molecule has 0 spiro atoms. The number of nitrogens with one attached hydrogen (secondary N) is 1. The number of hydrogen-bond donors (Lipinski definition) is 1. The number of amides is 1. The minimum Gasteiger partial charge on any atom is -0.494 e. The van der Waals surface area contributed by atoms with Crippen molar-refractivity contribution in [1.29, 1.82) is 0 Å². The van der Waals surface area contributed by atoms with Crippen LogP contribution in [0.3, 0.4) is 0 Å². The molecular weight excluding hydrogens is 298 g/mol.